The third kappa shape index (κ3) is 3.04. The van der Waals surface area contributed by atoms with Gasteiger partial charge in [-0.25, -0.2) is 4.39 Å². The van der Waals surface area contributed by atoms with Crippen molar-refractivity contribution in [2.45, 2.75) is 26.7 Å². The predicted molar refractivity (Wildman–Crippen MR) is 132 cm³/mol. The SMILES string of the molecule is Cc1[nH]c(-c2cc(F)cc3[nH]ccc23)c(C(C)C)c1-c1cccc2[nH]c(-c3cc(=O)[nH]o3)cc12. The second-order valence-corrected chi connectivity index (χ2v) is 8.99. The molecule has 4 aromatic heterocycles. The molecule has 6 nitrogen and oxygen atoms in total. The Kier molecular flexibility index (Phi) is 4.42. The molecule has 4 N–H and O–H groups in total. The molecule has 0 aliphatic carbocycles. The molecule has 170 valence electrons. The molecule has 0 saturated carbocycles. The standard InChI is InChI=1S/C27H23FN4O2/c1-13(2)25-26(14(3)30-27(25)19-9-15(28)10-21-16(19)7-8-29-21)17-5-4-6-20-18(17)11-22(31-20)23-12-24(33)32-34-23/h4-13,29-31H,1-3H3,(H,32,33). The lowest BCUT2D eigenvalue weighted by Gasteiger charge is -2.14. The van der Waals surface area contributed by atoms with Crippen LogP contribution in [0.25, 0.3) is 55.6 Å². The summed E-state index contributed by atoms with van der Waals surface area (Å²) in [6, 6.07) is 14.6. The maximum atomic E-state index is 14.5. The van der Waals surface area contributed by atoms with Crippen LogP contribution in [0.15, 0.2) is 64.0 Å². The van der Waals surface area contributed by atoms with Crippen molar-refractivity contribution < 1.29 is 8.91 Å². The lowest BCUT2D eigenvalue weighted by atomic mass is 9.89. The first-order valence-corrected chi connectivity index (χ1v) is 11.2. The predicted octanol–water partition coefficient (Wildman–Crippen LogP) is 6.83. The molecule has 0 fully saturated rings. The number of hydrogen-bond donors (Lipinski definition) is 4. The van der Waals surface area contributed by atoms with Gasteiger partial charge >= 0.3 is 0 Å². The third-order valence-corrected chi connectivity index (χ3v) is 6.43. The van der Waals surface area contributed by atoms with Crippen molar-refractivity contribution in [3.63, 3.8) is 0 Å². The molecule has 6 aromatic rings. The van der Waals surface area contributed by atoms with Crippen molar-refractivity contribution in [2.75, 3.05) is 0 Å². The van der Waals surface area contributed by atoms with Crippen molar-refractivity contribution in [2.24, 2.45) is 0 Å². The van der Waals surface area contributed by atoms with E-state index >= 15 is 0 Å². The fraction of sp³-hybridized carbons (Fsp3) is 0.148. The van der Waals surface area contributed by atoms with E-state index < -0.39 is 0 Å². The van der Waals surface area contributed by atoms with Gasteiger partial charge in [0.05, 0.1) is 17.5 Å². The fourth-order valence-electron chi connectivity index (χ4n) is 5.04. The smallest absolute Gasteiger partial charge is 0.280 e. The van der Waals surface area contributed by atoms with Crippen LogP contribution in [-0.2, 0) is 0 Å². The average molecular weight is 455 g/mol. The van der Waals surface area contributed by atoms with Crippen molar-refractivity contribution in [1.29, 1.82) is 0 Å². The number of aryl methyl sites for hydroxylation is 1. The number of aromatic amines is 4. The average Bonchev–Trinajstić information content (AvgIpc) is 3.57. The molecule has 0 aliphatic rings. The molecule has 0 spiro atoms. The number of H-pyrrole nitrogens is 4. The monoisotopic (exact) mass is 454 g/mol. The van der Waals surface area contributed by atoms with Gasteiger partial charge in [0.2, 0.25) is 0 Å². The molecular formula is C27H23FN4O2. The van der Waals surface area contributed by atoms with E-state index in [0.717, 1.165) is 61.1 Å². The molecule has 34 heavy (non-hydrogen) atoms. The van der Waals surface area contributed by atoms with E-state index in [4.69, 9.17) is 4.52 Å². The summed E-state index contributed by atoms with van der Waals surface area (Å²) < 4.78 is 19.8. The van der Waals surface area contributed by atoms with Gasteiger partial charge in [0.1, 0.15) is 5.82 Å². The molecule has 0 unspecified atom stereocenters. The number of benzene rings is 2. The number of nitrogens with one attached hydrogen (secondary N) is 4. The van der Waals surface area contributed by atoms with Crippen LogP contribution in [0.1, 0.15) is 31.0 Å². The number of aromatic nitrogens is 4. The van der Waals surface area contributed by atoms with Crippen molar-refractivity contribution in [3.8, 4) is 33.8 Å². The van der Waals surface area contributed by atoms with E-state index in [2.05, 4.69) is 46.9 Å². The maximum Gasteiger partial charge on any atom is 0.280 e. The second kappa shape index (κ2) is 7.38. The number of rotatable bonds is 4. The largest absolute Gasteiger partial charge is 0.377 e. The molecule has 0 radical (unpaired) electrons. The van der Waals surface area contributed by atoms with E-state index in [1.165, 1.54) is 12.1 Å². The van der Waals surface area contributed by atoms with Crippen molar-refractivity contribution in [3.05, 3.63) is 82.2 Å². The highest BCUT2D eigenvalue weighted by atomic mass is 19.1. The molecule has 0 aliphatic heterocycles. The van der Waals surface area contributed by atoms with Gasteiger partial charge in [0.25, 0.3) is 5.56 Å². The van der Waals surface area contributed by atoms with Crippen LogP contribution < -0.4 is 5.56 Å². The summed E-state index contributed by atoms with van der Waals surface area (Å²) in [5.74, 6) is 0.361. The normalized spacial score (nSPS) is 11.9. The Morgan fingerprint density at radius 3 is 2.56 bits per heavy atom. The van der Waals surface area contributed by atoms with Gasteiger partial charge in [-0.3, -0.25) is 4.79 Å². The lowest BCUT2D eigenvalue weighted by Crippen LogP contribution is -1.94. The molecule has 0 saturated heterocycles. The third-order valence-electron chi connectivity index (χ3n) is 6.43. The van der Waals surface area contributed by atoms with E-state index in [1.807, 2.05) is 30.5 Å². The summed E-state index contributed by atoms with van der Waals surface area (Å²) in [7, 11) is 0. The molecule has 0 atom stereocenters. The zero-order valence-electron chi connectivity index (χ0n) is 19.0. The minimum Gasteiger partial charge on any atom is -0.377 e. The van der Waals surface area contributed by atoms with Gasteiger partial charge in [-0.1, -0.05) is 26.0 Å². The summed E-state index contributed by atoms with van der Waals surface area (Å²) in [6.45, 7) is 6.36. The van der Waals surface area contributed by atoms with Crippen LogP contribution in [0.5, 0.6) is 0 Å². The highest BCUT2D eigenvalue weighted by Gasteiger charge is 2.24. The van der Waals surface area contributed by atoms with Crippen LogP contribution in [0.3, 0.4) is 0 Å². The van der Waals surface area contributed by atoms with Crippen LogP contribution in [0.4, 0.5) is 4.39 Å². The molecule has 0 bridgehead atoms. The fourth-order valence-corrected chi connectivity index (χ4v) is 5.04. The molecule has 6 rings (SSSR count). The summed E-state index contributed by atoms with van der Waals surface area (Å²) >= 11 is 0. The Labute approximate surface area is 193 Å². The minimum absolute atomic E-state index is 0.184. The lowest BCUT2D eigenvalue weighted by molar-refractivity contribution is 0.425. The van der Waals surface area contributed by atoms with Gasteiger partial charge in [0, 0.05) is 44.8 Å². The number of fused-ring (bicyclic) bond motifs is 2. The Bertz CT molecular complexity index is 1740. The van der Waals surface area contributed by atoms with Gasteiger partial charge in [0.15, 0.2) is 5.76 Å². The first-order chi connectivity index (χ1) is 16.4. The molecular weight excluding hydrogens is 431 g/mol. The maximum absolute atomic E-state index is 14.5. The summed E-state index contributed by atoms with van der Waals surface area (Å²) in [4.78, 5) is 21.6. The highest BCUT2D eigenvalue weighted by Crippen LogP contribution is 2.44. The first-order valence-electron chi connectivity index (χ1n) is 11.2. The summed E-state index contributed by atoms with van der Waals surface area (Å²) in [5.41, 5.74) is 8.21. The zero-order valence-corrected chi connectivity index (χ0v) is 19.0. The quantitative estimate of drug-likeness (QED) is 0.235. The van der Waals surface area contributed by atoms with Crippen LogP contribution >= 0.6 is 0 Å². The Morgan fingerprint density at radius 2 is 1.79 bits per heavy atom. The Morgan fingerprint density at radius 1 is 0.941 bits per heavy atom. The second-order valence-electron chi connectivity index (χ2n) is 8.99. The molecule has 7 heteroatoms. The van der Waals surface area contributed by atoms with Crippen LogP contribution in [0.2, 0.25) is 0 Å². The summed E-state index contributed by atoms with van der Waals surface area (Å²) in [6.07, 6.45) is 1.83. The van der Waals surface area contributed by atoms with Crippen molar-refractivity contribution >= 4 is 21.8 Å². The van der Waals surface area contributed by atoms with Crippen LogP contribution in [-0.4, -0.2) is 20.1 Å². The number of halogens is 1. The zero-order chi connectivity index (χ0) is 23.6. The van der Waals surface area contributed by atoms with Gasteiger partial charge in [-0.15, -0.1) is 0 Å². The topological polar surface area (TPSA) is 93.4 Å². The van der Waals surface area contributed by atoms with Gasteiger partial charge in [-0.2, -0.15) is 5.16 Å². The Balaban J connectivity index is 1.62. The first kappa shape index (κ1) is 20.4. The van der Waals surface area contributed by atoms with Gasteiger partial charge in [-0.05, 0) is 54.3 Å². The highest BCUT2D eigenvalue weighted by molar-refractivity contribution is 6.02. The molecule has 2 aromatic carbocycles. The summed E-state index contributed by atoms with van der Waals surface area (Å²) in [5, 5.41) is 4.33. The number of hydrogen-bond acceptors (Lipinski definition) is 2. The molecule has 4 heterocycles. The van der Waals surface area contributed by atoms with E-state index in [0.29, 0.717) is 5.76 Å². The van der Waals surface area contributed by atoms with E-state index in [1.54, 1.807) is 6.07 Å². The van der Waals surface area contributed by atoms with Gasteiger partial charge < -0.3 is 19.5 Å². The van der Waals surface area contributed by atoms with Crippen LogP contribution in [0, 0.1) is 12.7 Å². The minimum atomic E-state index is -0.284. The van der Waals surface area contributed by atoms with E-state index in [-0.39, 0.29) is 17.3 Å². The molecule has 0 amide bonds. The van der Waals surface area contributed by atoms with E-state index in [9.17, 15) is 9.18 Å². The van der Waals surface area contributed by atoms with Crippen molar-refractivity contribution in [1.82, 2.24) is 20.1 Å². The Hall–Kier alpha value is -4.26.